The van der Waals surface area contributed by atoms with Crippen molar-refractivity contribution in [2.75, 3.05) is 0 Å². The number of benzene rings is 1. The van der Waals surface area contributed by atoms with E-state index >= 15 is 0 Å². The maximum Gasteiger partial charge on any atom is 0.416 e. The van der Waals surface area contributed by atoms with E-state index in [1.165, 1.54) is 0 Å². The van der Waals surface area contributed by atoms with Crippen molar-refractivity contribution >= 4 is 0 Å². The van der Waals surface area contributed by atoms with E-state index in [1.807, 2.05) is 6.07 Å². The molecular formula is C13H11F4NO. The van der Waals surface area contributed by atoms with E-state index in [9.17, 15) is 22.7 Å². The standard InChI is InChI=1S/C13H11F4NO/c14-8-2-3-9(10(6-8)13(15,16)17)11(19)12(7-18)4-1-5-12/h2-3,6,11,19H,1,4-5H2. The van der Waals surface area contributed by atoms with Crippen LogP contribution >= 0.6 is 0 Å². The molecule has 1 fully saturated rings. The first-order chi connectivity index (χ1) is 8.80. The van der Waals surface area contributed by atoms with Crippen molar-refractivity contribution in [3.8, 4) is 6.07 Å². The van der Waals surface area contributed by atoms with E-state index in [0.717, 1.165) is 12.1 Å². The summed E-state index contributed by atoms with van der Waals surface area (Å²) in [5, 5.41) is 19.1. The van der Waals surface area contributed by atoms with Gasteiger partial charge in [-0.1, -0.05) is 12.5 Å². The SMILES string of the molecule is N#CC1(C(O)c2ccc(F)cc2C(F)(F)F)CCC1. The molecule has 1 unspecified atom stereocenters. The smallest absolute Gasteiger partial charge is 0.387 e. The molecule has 1 aliphatic rings. The van der Waals surface area contributed by atoms with Gasteiger partial charge in [0, 0.05) is 0 Å². The van der Waals surface area contributed by atoms with E-state index in [1.54, 1.807) is 0 Å². The van der Waals surface area contributed by atoms with Crippen molar-refractivity contribution in [2.24, 2.45) is 5.41 Å². The summed E-state index contributed by atoms with van der Waals surface area (Å²) >= 11 is 0. The minimum absolute atomic E-state index is 0.347. The Hall–Kier alpha value is -1.61. The second-order valence-electron chi connectivity index (χ2n) is 4.75. The summed E-state index contributed by atoms with van der Waals surface area (Å²) in [5.41, 5.74) is -2.84. The molecule has 1 N–H and O–H groups in total. The number of halogens is 4. The van der Waals surface area contributed by atoms with E-state index in [0.29, 0.717) is 25.3 Å². The highest BCUT2D eigenvalue weighted by atomic mass is 19.4. The number of alkyl halides is 3. The van der Waals surface area contributed by atoms with Crippen molar-refractivity contribution in [1.29, 1.82) is 5.26 Å². The lowest BCUT2D eigenvalue weighted by molar-refractivity contribution is -0.140. The van der Waals surface area contributed by atoms with E-state index in [4.69, 9.17) is 5.26 Å². The van der Waals surface area contributed by atoms with Crippen LogP contribution in [0.2, 0.25) is 0 Å². The average Bonchev–Trinajstić information content (AvgIpc) is 2.26. The third-order valence-corrected chi connectivity index (χ3v) is 3.61. The molecule has 6 heteroatoms. The van der Waals surface area contributed by atoms with Crippen molar-refractivity contribution < 1.29 is 22.7 Å². The summed E-state index contributed by atoms with van der Waals surface area (Å²) < 4.78 is 51.5. The number of hydrogen-bond acceptors (Lipinski definition) is 2. The molecule has 0 spiro atoms. The molecule has 0 aliphatic heterocycles. The van der Waals surface area contributed by atoms with E-state index in [2.05, 4.69) is 0 Å². The van der Waals surface area contributed by atoms with Crippen LogP contribution in [0.5, 0.6) is 0 Å². The van der Waals surface area contributed by atoms with Gasteiger partial charge in [0.25, 0.3) is 0 Å². The van der Waals surface area contributed by atoms with Gasteiger partial charge in [-0.25, -0.2) is 4.39 Å². The molecular weight excluding hydrogens is 262 g/mol. The fourth-order valence-corrected chi connectivity index (χ4v) is 2.31. The van der Waals surface area contributed by atoms with Crippen LogP contribution in [0.4, 0.5) is 17.6 Å². The molecule has 1 saturated carbocycles. The molecule has 0 heterocycles. The van der Waals surface area contributed by atoms with Gasteiger partial charge in [0.2, 0.25) is 0 Å². The highest BCUT2D eigenvalue weighted by Gasteiger charge is 2.47. The Balaban J connectivity index is 2.48. The lowest BCUT2D eigenvalue weighted by Crippen LogP contribution is -2.35. The van der Waals surface area contributed by atoms with E-state index < -0.39 is 34.6 Å². The third-order valence-electron chi connectivity index (χ3n) is 3.61. The number of aliphatic hydroxyl groups is 1. The van der Waals surface area contributed by atoms with Gasteiger partial charge in [0.1, 0.15) is 5.82 Å². The molecule has 0 saturated heterocycles. The number of nitriles is 1. The first kappa shape index (κ1) is 13.8. The summed E-state index contributed by atoms with van der Waals surface area (Å²) in [6, 6.07) is 4.01. The van der Waals surface area contributed by atoms with Crippen molar-refractivity contribution in [2.45, 2.75) is 31.5 Å². The summed E-state index contributed by atoms with van der Waals surface area (Å²) in [7, 11) is 0. The molecule has 2 rings (SSSR count). The van der Waals surface area contributed by atoms with Gasteiger partial charge in [-0.05, 0) is 30.5 Å². The van der Waals surface area contributed by atoms with Gasteiger partial charge >= 0.3 is 6.18 Å². The molecule has 1 aromatic carbocycles. The second kappa shape index (κ2) is 4.49. The molecule has 1 aliphatic carbocycles. The fraction of sp³-hybridized carbons (Fsp3) is 0.462. The summed E-state index contributed by atoms with van der Waals surface area (Å²) in [6.45, 7) is 0. The quantitative estimate of drug-likeness (QED) is 0.837. The highest BCUT2D eigenvalue weighted by molar-refractivity contribution is 5.35. The lowest BCUT2D eigenvalue weighted by Gasteiger charge is -2.40. The van der Waals surface area contributed by atoms with Crippen molar-refractivity contribution in [3.63, 3.8) is 0 Å². The topological polar surface area (TPSA) is 44.0 Å². The number of rotatable bonds is 2. The Kier molecular flexibility index (Phi) is 3.27. The molecule has 1 aromatic rings. The summed E-state index contributed by atoms with van der Waals surface area (Å²) in [6.07, 6.45) is -4.94. The van der Waals surface area contributed by atoms with Crippen molar-refractivity contribution in [3.05, 3.63) is 35.1 Å². The van der Waals surface area contributed by atoms with Crippen LogP contribution in [0.25, 0.3) is 0 Å². The van der Waals surface area contributed by atoms with Gasteiger partial charge < -0.3 is 5.11 Å². The van der Waals surface area contributed by atoms with Gasteiger partial charge in [0.05, 0.1) is 23.2 Å². The van der Waals surface area contributed by atoms with Gasteiger partial charge in [-0.15, -0.1) is 0 Å². The first-order valence-electron chi connectivity index (χ1n) is 5.76. The number of hydrogen-bond donors (Lipinski definition) is 1. The maximum atomic E-state index is 13.0. The number of aliphatic hydroxyl groups excluding tert-OH is 1. The largest absolute Gasteiger partial charge is 0.416 e. The van der Waals surface area contributed by atoms with Gasteiger partial charge in [0.15, 0.2) is 0 Å². The monoisotopic (exact) mass is 273 g/mol. The first-order valence-corrected chi connectivity index (χ1v) is 5.76. The molecule has 0 aromatic heterocycles. The summed E-state index contributed by atoms with van der Waals surface area (Å²) in [5.74, 6) is -1.03. The average molecular weight is 273 g/mol. The zero-order chi connectivity index (χ0) is 14.3. The Bertz CT molecular complexity index is 528. The molecule has 1 atom stereocenters. The Labute approximate surface area is 107 Å². The Morgan fingerprint density at radius 2 is 1.95 bits per heavy atom. The third kappa shape index (κ3) is 2.30. The van der Waals surface area contributed by atoms with E-state index in [-0.39, 0.29) is 0 Å². The molecule has 2 nitrogen and oxygen atoms in total. The minimum Gasteiger partial charge on any atom is -0.387 e. The second-order valence-corrected chi connectivity index (χ2v) is 4.75. The van der Waals surface area contributed by atoms with Gasteiger partial charge in [-0.2, -0.15) is 18.4 Å². The van der Waals surface area contributed by atoms with Crippen molar-refractivity contribution in [1.82, 2.24) is 0 Å². The van der Waals surface area contributed by atoms with Crippen LogP contribution in [0, 0.1) is 22.6 Å². The van der Waals surface area contributed by atoms with Crippen LogP contribution in [-0.4, -0.2) is 5.11 Å². The maximum absolute atomic E-state index is 13.0. The van der Waals surface area contributed by atoms with Crippen LogP contribution in [0.1, 0.15) is 36.5 Å². The van der Waals surface area contributed by atoms with Gasteiger partial charge in [-0.3, -0.25) is 0 Å². The predicted molar refractivity (Wildman–Crippen MR) is 58.3 cm³/mol. The summed E-state index contributed by atoms with van der Waals surface area (Å²) in [4.78, 5) is 0. The molecule has 0 bridgehead atoms. The van der Waals surface area contributed by atoms with Crippen LogP contribution in [0.3, 0.4) is 0 Å². The molecule has 19 heavy (non-hydrogen) atoms. The number of nitrogens with zero attached hydrogens (tertiary/aromatic N) is 1. The fourth-order valence-electron chi connectivity index (χ4n) is 2.31. The zero-order valence-electron chi connectivity index (χ0n) is 9.84. The normalized spacial score (nSPS) is 19.4. The zero-order valence-corrected chi connectivity index (χ0v) is 9.84. The van der Waals surface area contributed by atoms with Crippen LogP contribution in [0.15, 0.2) is 18.2 Å². The van der Waals surface area contributed by atoms with Crippen LogP contribution < -0.4 is 0 Å². The minimum atomic E-state index is -4.77. The van der Waals surface area contributed by atoms with Crippen LogP contribution in [-0.2, 0) is 6.18 Å². The Morgan fingerprint density at radius 1 is 1.32 bits per heavy atom. The highest BCUT2D eigenvalue weighted by Crippen LogP contribution is 2.51. The molecule has 0 amide bonds. The predicted octanol–water partition coefficient (Wildman–Crippen LogP) is 3.57. The molecule has 0 radical (unpaired) electrons. The molecule has 102 valence electrons. The Morgan fingerprint density at radius 3 is 2.37 bits per heavy atom. The lowest BCUT2D eigenvalue weighted by atomic mass is 9.64.